The quantitative estimate of drug-likeness (QED) is 0.475. The van der Waals surface area contributed by atoms with Crippen LogP contribution in [0.3, 0.4) is 0 Å². The number of rotatable bonds is 5. The zero-order valence-electron chi connectivity index (χ0n) is 12.2. The average molecular weight is 282 g/mol. The summed E-state index contributed by atoms with van der Waals surface area (Å²) in [6.07, 6.45) is 0.702. The number of hydrogen-bond donors (Lipinski definition) is 0. The molecule has 0 spiro atoms. The Labute approximate surface area is 124 Å². The topological polar surface area (TPSA) is 43.4 Å². The van der Waals surface area contributed by atoms with Crippen molar-refractivity contribution in [2.75, 3.05) is 0 Å². The molecule has 0 saturated carbocycles. The van der Waals surface area contributed by atoms with Crippen molar-refractivity contribution in [2.24, 2.45) is 5.92 Å². The summed E-state index contributed by atoms with van der Waals surface area (Å²) >= 11 is 0. The number of carbonyl (C=O) groups is 2. The summed E-state index contributed by atoms with van der Waals surface area (Å²) in [6, 6.07) is 15.8. The predicted molar refractivity (Wildman–Crippen MR) is 81.4 cm³/mol. The normalized spacial score (nSPS) is 11.7. The van der Waals surface area contributed by atoms with Gasteiger partial charge in [-0.25, -0.2) is 0 Å². The van der Waals surface area contributed by atoms with Crippen LogP contribution >= 0.6 is 0 Å². The molecule has 3 nitrogen and oxygen atoms in total. The van der Waals surface area contributed by atoms with Crippen LogP contribution in [0.5, 0.6) is 5.75 Å². The fourth-order valence-corrected chi connectivity index (χ4v) is 1.86. The Balaban J connectivity index is 2.29. The molecule has 21 heavy (non-hydrogen) atoms. The monoisotopic (exact) mass is 282 g/mol. The second-order valence-corrected chi connectivity index (χ2v) is 4.92. The zero-order valence-corrected chi connectivity index (χ0v) is 12.2. The van der Waals surface area contributed by atoms with Crippen molar-refractivity contribution in [3.63, 3.8) is 0 Å². The van der Waals surface area contributed by atoms with Gasteiger partial charge in [-0.05, 0) is 18.6 Å². The molecular weight excluding hydrogens is 264 g/mol. The first kappa shape index (κ1) is 15.0. The molecule has 1 atom stereocenters. The van der Waals surface area contributed by atoms with Crippen LogP contribution in [-0.4, -0.2) is 11.8 Å². The lowest BCUT2D eigenvalue weighted by Gasteiger charge is -2.12. The summed E-state index contributed by atoms with van der Waals surface area (Å²) in [5.41, 5.74) is 0.977. The van der Waals surface area contributed by atoms with E-state index in [0.29, 0.717) is 23.3 Å². The number of ether oxygens (including phenoxy) is 1. The fraction of sp³-hybridized carbons (Fsp3) is 0.222. The van der Waals surface area contributed by atoms with E-state index >= 15 is 0 Å². The van der Waals surface area contributed by atoms with Crippen LogP contribution in [-0.2, 0) is 4.79 Å². The first-order valence-corrected chi connectivity index (χ1v) is 7.04. The molecule has 0 bridgehead atoms. The molecule has 0 aliphatic heterocycles. The zero-order chi connectivity index (χ0) is 15.2. The van der Waals surface area contributed by atoms with Crippen LogP contribution in [0.25, 0.3) is 0 Å². The van der Waals surface area contributed by atoms with Gasteiger partial charge in [-0.2, -0.15) is 0 Å². The van der Waals surface area contributed by atoms with E-state index < -0.39 is 0 Å². The Morgan fingerprint density at radius 2 is 1.62 bits per heavy atom. The van der Waals surface area contributed by atoms with Crippen LogP contribution < -0.4 is 4.74 Å². The molecule has 2 rings (SSSR count). The average Bonchev–Trinajstić information content (AvgIpc) is 2.54. The van der Waals surface area contributed by atoms with E-state index in [2.05, 4.69) is 0 Å². The highest BCUT2D eigenvalue weighted by molar-refractivity contribution is 6.11. The summed E-state index contributed by atoms with van der Waals surface area (Å²) in [4.78, 5) is 24.4. The Morgan fingerprint density at radius 3 is 2.29 bits per heavy atom. The van der Waals surface area contributed by atoms with Crippen molar-refractivity contribution < 1.29 is 14.3 Å². The molecule has 0 heterocycles. The van der Waals surface area contributed by atoms with Crippen molar-refractivity contribution in [1.29, 1.82) is 0 Å². The van der Waals surface area contributed by atoms with Gasteiger partial charge in [0.15, 0.2) is 5.78 Å². The van der Waals surface area contributed by atoms with Crippen molar-refractivity contribution in [1.82, 2.24) is 0 Å². The number of ketones is 1. The second-order valence-electron chi connectivity index (χ2n) is 4.92. The summed E-state index contributed by atoms with van der Waals surface area (Å²) in [7, 11) is 0. The maximum Gasteiger partial charge on any atom is 0.314 e. The lowest BCUT2D eigenvalue weighted by atomic mass is 10.0. The fourth-order valence-electron chi connectivity index (χ4n) is 1.86. The van der Waals surface area contributed by atoms with E-state index in [1.165, 1.54) is 0 Å². The largest absolute Gasteiger partial charge is 0.426 e. The minimum Gasteiger partial charge on any atom is -0.426 e. The molecule has 108 valence electrons. The SMILES string of the molecule is CCC(C)C(=O)Oc1ccccc1C(=O)c1ccccc1. The molecule has 0 saturated heterocycles. The molecular formula is C18H18O3. The first-order chi connectivity index (χ1) is 10.1. The second kappa shape index (κ2) is 6.84. The number of esters is 1. The van der Waals surface area contributed by atoms with Gasteiger partial charge in [-0.15, -0.1) is 0 Å². The third-order valence-electron chi connectivity index (χ3n) is 3.39. The molecule has 2 aromatic carbocycles. The van der Waals surface area contributed by atoms with Gasteiger partial charge >= 0.3 is 5.97 Å². The molecule has 0 fully saturated rings. The Bertz CT molecular complexity index is 632. The Hall–Kier alpha value is -2.42. The Kier molecular flexibility index (Phi) is 4.88. The van der Waals surface area contributed by atoms with Gasteiger partial charge in [0.25, 0.3) is 0 Å². The standard InChI is InChI=1S/C18H18O3/c1-3-13(2)18(20)21-16-12-8-7-11-15(16)17(19)14-9-5-4-6-10-14/h4-13H,3H2,1-2H3. The number of hydrogen-bond acceptors (Lipinski definition) is 3. The lowest BCUT2D eigenvalue weighted by molar-refractivity contribution is -0.138. The number of para-hydroxylation sites is 1. The smallest absolute Gasteiger partial charge is 0.314 e. The minimum absolute atomic E-state index is 0.150. The predicted octanol–water partition coefficient (Wildman–Crippen LogP) is 3.87. The molecule has 0 N–H and O–H groups in total. The summed E-state index contributed by atoms with van der Waals surface area (Å²) < 4.78 is 5.38. The molecule has 0 aromatic heterocycles. The number of benzene rings is 2. The first-order valence-electron chi connectivity index (χ1n) is 7.04. The minimum atomic E-state index is -0.314. The van der Waals surface area contributed by atoms with Crippen LogP contribution in [0.4, 0.5) is 0 Å². The molecule has 2 aromatic rings. The van der Waals surface area contributed by atoms with Crippen LogP contribution in [0.2, 0.25) is 0 Å². The van der Waals surface area contributed by atoms with Crippen LogP contribution in [0.1, 0.15) is 36.2 Å². The van der Waals surface area contributed by atoms with Gasteiger partial charge in [-0.1, -0.05) is 56.3 Å². The van der Waals surface area contributed by atoms with Crippen molar-refractivity contribution >= 4 is 11.8 Å². The van der Waals surface area contributed by atoms with E-state index in [1.54, 1.807) is 48.5 Å². The summed E-state index contributed by atoms with van der Waals surface area (Å²) in [5, 5.41) is 0. The highest BCUT2D eigenvalue weighted by Gasteiger charge is 2.18. The maximum absolute atomic E-state index is 12.5. The third-order valence-corrected chi connectivity index (χ3v) is 3.39. The summed E-state index contributed by atoms with van der Waals surface area (Å²) in [5.74, 6) is -0.338. The molecule has 1 unspecified atom stereocenters. The van der Waals surface area contributed by atoms with E-state index in [-0.39, 0.29) is 17.7 Å². The summed E-state index contributed by atoms with van der Waals surface area (Å²) in [6.45, 7) is 3.73. The molecule has 0 aliphatic carbocycles. The molecule has 0 amide bonds. The number of carbonyl (C=O) groups excluding carboxylic acids is 2. The van der Waals surface area contributed by atoms with E-state index in [4.69, 9.17) is 4.74 Å². The van der Waals surface area contributed by atoms with E-state index in [1.807, 2.05) is 19.9 Å². The van der Waals surface area contributed by atoms with Crippen molar-refractivity contribution in [2.45, 2.75) is 20.3 Å². The lowest BCUT2D eigenvalue weighted by Crippen LogP contribution is -2.18. The van der Waals surface area contributed by atoms with Gasteiger partial charge in [-0.3, -0.25) is 9.59 Å². The maximum atomic E-state index is 12.5. The van der Waals surface area contributed by atoms with Crippen molar-refractivity contribution in [3.8, 4) is 5.75 Å². The molecule has 0 aliphatic rings. The Morgan fingerprint density at radius 1 is 1.00 bits per heavy atom. The molecule has 3 heteroatoms. The van der Waals surface area contributed by atoms with Gasteiger partial charge in [0.1, 0.15) is 5.75 Å². The van der Waals surface area contributed by atoms with Gasteiger partial charge in [0.05, 0.1) is 11.5 Å². The van der Waals surface area contributed by atoms with Crippen molar-refractivity contribution in [3.05, 3.63) is 65.7 Å². The highest BCUT2D eigenvalue weighted by Crippen LogP contribution is 2.22. The van der Waals surface area contributed by atoms with Gasteiger partial charge < -0.3 is 4.74 Å². The van der Waals surface area contributed by atoms with E-state index in [0.717, 1.165) is 0 Å². The van der Waals surface area contributed by atoms with Crippen LogP contribution in [0.15, 0.2) is 54.6 Å². The highest BCUT2D eigenvalue weighted by atomic mass is 16.5. The van der Waals surface area contributed by atoms with E-state index in [9.17, 15) is 9.59 Å². The molecule has 0 radical (unpaired) electrons. The van der Waals surface area contributed by atoms with Gasteiger partial charge in [0, 0.05) is 5.56 Å². The van der Waals surface area contributed by atoms with Gasteiger partial charge in [0.2, 0.25) is 0 Å². The third kappa shape index (κ3) is 3.57. The van der Waals surface area contributed by atoms with Crippen LogP contribution in [0, 0.1) is 5.92 Å².